The number of nitrogens with zero attached hydrogens (tertiary/aromatic N) is 2. The summed E-state index contributed by atoms with van der Waals surface area (Å²) < 4.78 is 13.4. The fourth-order valence-corrected chi connectivity index (χ4v) is 2.89. The van der Waals surface area contributed by atoms with E-state index in [0.717, 1.165) is 23.2 Å². The van der Waals surface area contributed by atoms with Gasteiger partial charge in [-0.25, -0.2) is 14.2 Å². The van der Waals surface area contributed by atoms with Gasteiger partial charge in [0.2, 0.25) is 0 Å². The maximum atomic E-state index is 13.4. The largest absolute Gasteiger partial charge is 0.348 e. The first-order chi connectivity index (χ1) is 10.6. The molecule has 6 heteroatoms. The number of nitrogens with one attached hydrogen (secondary N) is 2. The van der Waals surface area contributed by atoms with Gasteiger partial charge in [0.1, 0.15) is 5.82 Å². The van der Waals surface area contributed by atoms with E-state index in [1.165, 1.54) is 12.1 Å². The number of amides is 2. The molecule has 1 aliphatic rings. The van der Waals surface area contributed by atoms with Crippen LogP contribution in [-0.4, -0.2) is 34.0 Å². The van der Waals surface area contributed by atoms with Crippen LogP contribution in [0.5, 0.6) is 0 Å². The van der Waals surface area contributed by atoms with Gasteiger partial charge < -0.3 is 15.2 Å². The third-order valence-electron chi connectivity index (χ3n) is 4.13. The molecule has 0 bridgehead atoms. The molecular weight excluding hydrogens is 283 g/mol. The molecule has 22 heavy (non-hydrogen) atoms. The highest BCUT2D eigenvalue weighted by Gasteiger charge is 2.27. The predicted octanol–water partition coefficient (Wildman–Crippen LogP) is 2.42. The molecule has 2 amide bonds. The molecule has 5 nitrogen and oxygen atoms in total. The number of carbonyl (C=O) groups excluding carboxylic acids is 1. The minimum Gasteiger partial charge on any atom is -0.348 e. The van der Waals surface area contributed by atoms with Gasteiger partial charge in [-0.3, -0.25) is 0 Å². The summed E-state index contributed by atoms with van der Waals surface area (Å²) in [6.07, 6.45) is 4.83. The number of aromatic nitrogens is 2. The van der Waals surface area contributed by atoms with Crippen LogP contribution < -0.4 is 5.32 Å². The van der Waals surface area contributed by atoms with Gasteiger partial charge in [0.15, 0.2) is 0 Å². The van der Waals surface area contributed by atoms with Crippen molar-refractivity contribution in [1.82, 2.24) is 20.2 Å². The first kappa shape index (κ1) is 14.6. The van der Waals surface area contributed by atoms with Gasteiger partial charge in [-0.1, -0.05) is 6.07 Å². The van der Waals surface area contributed by atoms with E-state index in [9.17, 15) is 9.18 Å². The van der Waals surface area contributed by atoms with Crippen LogP contribution in [0.4, 0.5) is 9.18 Å². The average Bonchev–Trinajstić information content (AvgIpc) is 3.01. The van der Waals surface area contributed by atoms with E-state index in [0.29, 0.717) is 19.5 Å². The van der Waals surface area contributed by atoms with Crippen molar-refractivity contribution in [3.63, 3.8) is 0 Å². The van der Waals surface area contributed by atoms with Gasteiger partial charge in [0.05, 0.1) is 12.4 Å². The van der Waals surface area contributed by atoms with Crippen molar-refractivity contribution in [3.8, 4) is 0 Å². The molecule has 1 aromatic carbocycles. The third kappa shape index (κ3) is 2.95. The summed E-state index contributed by atoms with van der Waals surface area (Å²) in [6, 6.07) is 4.60. The summed E-state index contributed by atoms with van der Waals surface area (Å²) in [4.78, 5) is 21.0. The third-order valence-corrected chi connectivity index (χ3v) is 4.13. The number of benzene rings is 1. The van der Waals surface area contributed by atoms with Crippen LogP contribution in [0.1, 0.15) is 29.8 Å². The van der Waals surface area contributed by atoms with E-state index in [-0.39, 0.29) is 17.9 Å². The zero-order valence-corrected chi connectivity index (χ0v) is 12.5. The van der Waals surface area contributed by atoms with Crippen LogP contribution in [0.25, 0.3) is 0 Å². The number of hydrogen-bond donors (Lipinski definition) is 2. The Labute approximate surface area is 128 Å². The molecule has 0 saturated heterocycles. The van der Waals surface area contributed by atoms with Crippen LogP contribution in [0.15, 0.2) is 30.7 Å². The lowest BCUT2D eigenvalue weighted by molar-refractivity contribution is 0.175. The van der Waals surface area contributed by atoms with Crippen molar-refractivity contribution in [2.75, 3.05) is 13.1 Å². The van der Waals surface area contributed by atoms with Crippen LogP contribution in [-0.2, 0) is 12.8 Å². The first-order valence-corrected chi connectivity index (χ1v) is 7.45. The second-order valence-electron chi connectivity index (χ2n) is 5.52. The standard InChI is InChI=1S/C16H19FN4O/c1-11-15-8-13(17)3-2-12(15)5-7-21(11)16(22)19-6-4-14-9-18-10-20-14/h2-3,8-11H,4-7H2,1H3,(H,18,20)(H,19,22). The van der Waals surface area contributed by atoms with Gasteiger partial charge in [-0.2, -0.15) is 0 Å². The van der Waals surface area contributed by atoms with Gasteiger partial charge in [0.25, 0.3) is 0 Å². The molecule has 1 unspecified atom stereocenters. The van der Waals surface area contributed by atoms with Crippen molar-refractivity contribution in [2.24, 2.45) is 0 Å². The number of urea groups is 1. The predicted molar refractivity (Wildman–Crippen MR) is 80.9 cm³/mol. The lowest BCUT2D eigenvalue weighted by atomic mass is 9.94. The summed E-state index contributed by atoms with van der Waals surface area (Å²) in [5.41, 5.74) is 3.00. The number of rotatable bonds is 3. The van der Waals surface area contributed by atoms with E-state index in [2.05, 4.69) is 15.3 Å². The zero-order valence-electron chi connectivity index (χ0n) is 12.5. The maximum Gasteiger partial charge on any atom is 0.317 e. The Hall–Kier alpha value is -2.37. The molecular formula is C16H19FN4O. The summed E-state index contributed by atoms with van der Waals surface area (Å²) in [7, 11) is 0. The van der Waals surface area contributed by atoms with E-state index in [1.54, 1.807) is 17.4 Å². The molecule has 2 heterocycles. The number of fused-ring (bicyclic) bond motifs is 1. The van der Waals surface area contributed by atoms with Gasteiger partial charge in [-0.15, -0.1) is 0 Å². The quantitative estimate of drug-likeness (QED) is 0.914. The second kappa shape index (κ2) is 6.17. The lowest BCUT2D eigenvalue weighted by Crippen LogP contribution is -2.45. The fourth-order valence-electron chi connectivity index (χ4n) is 2.89. The van der Waals surface area contributed by atoms with E-state index in [4.69, 9.17) is 0 Å². The molecule has 3 rings (SSSR count). The summed E-state index contributed by atoms with van der Waals surface area (Å²) in [5, 5.41) is 2.91. The van der Waals surface area contributed by atoms with Crippen LogP contribution in [0.2, 0.25) is 0 Å². The Morgan fingerprint density at radius 1 is 1.55 bits per heavy atom. The summed E-state index contributed by atoms with van der Waals surface area (Å²) in [5.74, 6) is -0.257. The number of aromatic amines is 1. The molecule has 2 aromatic rings. The monoisotopic (exact) mass is 302 g/mol. The Kier molecular flexibility index (Phi) is 4.09. The van der Waals surface area contributed by atoms with Gasteiger partial charge in [0, 0.05) is 31.4 Å². The Morgan fingerprint density at radius 2 is 2.41 bits per heavy atom. The highest BCUT2D eigenvalue weighted by atomic mass is 19.1. The highest BCUT2D eigenvalue weighted by molar-refractivity contribution is 5.75. The van der Waals surface area contributed by atoms with Crippen LogP contribution >= 0.6 is 0 Å². The van der Waals surface area contributed by atoms with E-state index < -0.39 is 0 Å². The molecule has 0 spiro atoms. The number of imidazole rings is 1. The molecule has 0 saturated carbocycles. The number of hydrogen-bond acceptors (Lipinski definition) is 2. The van der Waals surface area contributed by atoms with Gasteiger partial charge in [-0.05, 0) is 36.6 Å². The van der Waals surface area contributed by atoms with Crippen LogP contribution in [0, 0.1) is 5.82 Å². The second-order valence-corrected chi connectivity index (χ2v) is 5.52. The molecule has 116 valence electrons. The highest BCUT2D eigenvalue weighted by Crippen LogP contribution is 2.29. The lowest BCUT2D eigenvalue weighted by Gasteiger charge is -2.35. The number of halogens is 1. The molecule has 0 radical (unpaired) electrons. The van der Waals surface area contributed by atoms with E-state index >= 15 is 0 Å². The smallest absolute Gasteiger partial charge is 0.317 e. The molecule has 0 aliphatic carbocycles. The summed E-state index contributed by atoms with van der Waals surface area (Å²) >= 11 is 0. The average molecular weight is 302 g/mol. The Morgan fingerprint density at radius 3 is 3.18 bits per heavy atom. The number of H-pyrrole nitrogens is 1. The van der Waals surface area contributed by atoms with Crippen molar-refractivity contribution in [3.05, 3.63) is 53.4 Å². The molecule has 1 aliphatic heterocycles. The molecule has 0 fully saturated rings. The zero-order chi connectivity index (χ0) is 15.5. The Balaban J connectivity index is 1.61. The topological polar surface area (TPSA) is 61.0 Å². The maximum absolute atomic E-state index is 13.4. The fraction of sp³-hybridized carbons (Fsp3) is 0.375. The minimum atomic E-state index is -0.257. The van der Waals surface area contributed by atoms with Crippen molar-refractivity contribution in [2.45, 2.75) is 25.8 Å². The molecule has 1 atom stereocenters. The van der Waals surface area contributed by atoms with Crippen molar-refractivity contribution in [1.29, 1.82) is 0 Å². The molecule has 2 N–H and O–H groups in total. The van der Waals surface area contributed by atoms with Gasteiger partial charge >= 0.3 is 6.03 Å². The SMILES string of the molecule is CC1c2cc(F)ccc2CCN1C(=O)NCCc1cnc[nH]1. The Bertz CT molecular complexity index is 656. The number of carbonyl (C=O) groups is 1. The van der Waals surface area contributed by atoms with Crippen molar-refractivity contribution >= 4 is 6.03 Å². The minimum absolute atomic E-state index is 0.109. The molecule has 1 aromatic heterocycles. The summed E-state index contributed by atoms with van der Waals surface area (Å²) in [6.45, 7) is 3.13. The first-order valence-electron chi connectivity index (χ1n) is 7.45. The van der Waals surface area contributed by atoms with E-state index in [1.807, 2.05) is 13.0 Å². The normalized spacial score (nSPS) is 17.2. The van der Waals surface area contributed by atoms with Crippen LogP contribution in [0.3, 0.4) is 0 Å². The van der Waals surface area contributed by atoms with Crippen molar-refractivity contribution < 1.29 is 9.18 Å².